The molecule has 1 heterocycles. The first kappa shape index (κ1) is 31.0. The Morgan fingerprint density at radius 3 is 2.31 bits per heavy atom. The number of carbonyl (C=O) groups excluding carboxylic acids is 1. The van der Waals surface area contributed by atoms with Crippen molar-refractivity contribution >= 4 is 5.97 Å². The predicted octanol–water partition coefficient (Wildman–Crippen LogP) is 7.30. The molecule has 4 aromatic rings. The van der Waals surface area contributed by atoms with E-state index in [0.717, 1.165) is 11.1 Å². The van der Waals surface area contributed by atoms with E-state index in [9.17, 15) is 10.1 Å². The maximum Gasteiger partial charge on any atom is 0.352 e. The highest BCUT2D eigenvalue weighted by Crippen LogP contribution is 2.45. The topological polar surface area (TPSA) is 113 Å². The van der Waals surface area contributed by atoms with E-state index in [1.165, 1.54) is 11.1 Å². The smallest absolute Gasteiger partial charge is 0.352 e. The fraction of sp³-hybridized carbons (Fsp3) is 0.243. The Bertz CT molecular complexity index is 1750. The van der Waals surface area contributed by atoms with E-state index >= 15 is 0 Å². The van der Waals surface area contributed by atoms with Crippen LogP contribution in [0.25, 0.3) is 0 Å². The van der Waals surface area contributed by atoms with Gasteiger partial charge in [0.15, 0.2) is 17.6 Å². The molecule has 0 fully saturated rings. The lowest BCUT2D eigenvalue weighted by molar-refractivity contribution is -0.141. The van der Waals surface area contributed by atoms with E-state index in [1.54, 1.807) is 32.2 Å². The number of hydrogen-bond acceptors (Lipinski definition) is 8. The fourth-order valence-corrected chi connectivity index (χ4v) is 5.05. The highest BCUT2D eigenvalue weighted by Gasteiger charge is 2.32. The van der Waals surface area contributed by atoms with Crippen LogP contribution in [0, 0.1) is 18.3 Å². The molecule has 0 saturated carbocycles. The minimum absolute atomic E-state index is 0.0290. The first-order valence-electron chi connectivity index (χ1n) is 14.7. The first-order valence-corrected chi connectivity index (χ1v) is 14.7. The minimum atomic E-state index is -0.853. The molecule has 5 rings (SSSR count). The molecule has 2 unspecified atom stereocenters. The zero-order valence-corrected chi connectivity index (χ0v) is 26.0. The Balaban J connectivity index is 1.34. The predicted molar refractivity (Wildman–Crippen MR) is 171 cm³/mol. The number of esters is 1. The van der Waals surface area contributed by atoms with Crippen LogP contribution in [-0.4, -0.2) is 19.2 Å². The zero-order valence-electron chi connectivity index (χ0n) is 26.0. The first-order chi connectivity index (χ1) is 21.7. The fourth-order valence-electron chi connectivity index (χ4n) is 5.05. The number of nitrogens with zero attached hydrogens (tertiary/aromatic N) is 1. The molecule has 0 aromatic heterocycles. The van der Waals surface area contributed by atoms with Crippen LogP contribution in [0.3, 0.4) is 0 Å². The summed E-state index contributed by atoms with van der Waals surface area (Å²) in [6.45, 7) is 8.27. The summed E-state index contributed by atoms with van der Waals surface area (Å²) >= 11 is 0. The van der Waals surface area contributed by atoms with Crippen LogP contribution in [0.4, 0.5) is 0 Å². The van der Waals surface area contributed by atoms with Gasteiger partial charge in [-0.3, -0.25) is 0 Å². The summed E-state index contributed by atoms with van der Waals surface area (Å²) < 4.78 is 29.0. The number of methoxy groups -OCH3 is 1. The summed E-state index contributed by atoms with van der Waals surface area (Å²) in [7, 11) is 1.57. The molecule has 0 bridgehead atoms. The summed E-state index contributed by atoms with van der Waals surface area (Å²) in [6.07, 6.45) is -0.853. The molecular formula is C37H36N2O6. The van der Waals surface area contributed by atoms with Gasteiger partial charge in [-0.05, 0) is 66.8 Å². The van der Waals surface area contributed by atoms with Gasteiger partial charge in [-0.1, -0.05) is 67.9 Å². The third-order valence-corrected chi connectivity index (χ3v) is 7.64. The molecule has 230 valence electrons. The van der Waals surface area contributed by atoms with E-state index in [2.05, 4.69) is 19.9 Å². The average molecular weight is 605 g/mol. The zero-order chi connectivity index (χ0) is 32.1. The number of aryl methyl sites for hydroxylation is 1. The van der Waals surface area contributed by atoms with Crippen LogP contribution < -0.4 is 29.4 Å². The summed E-state index contributed by atoms with van der Waals surface area (Å²) in [5.74, 6) is 1.54. The molecule has 8 heteroatoms. The number of rotatable bonds is 10. The van der Waals surface area contributed by atoms with E-state index in [-0.39, 0.29) is 17.2 Å². The molecule has 4 aromatic carbocycles. The van der Waals surface area contributed by atoms with Crippen molar-refractivity contribution in [1.29, 1.82) is 5.26 Å². The number of hydrogen-bond donors (Lipinski definition) is 1. The Labute approximate surface area is 263 Å². The maximum atomic E-state index is 12.9. The van der Waals surface area contributed by atoms with Crippen LogP contribution in [-0.2, 0) is 11.4 Å². The van der Waals surface area contributed by atoms with Crippen LogP contribution in [0.15, 0.2) is 96.4 Å². The van der Waals surface area contributed by atoms with Crippen molar-refractivity contribution in [1.82, 2.24) is 0 Å². The van der Waals surface area contributed by atoms with Gasteiger partial charge in [0.05, 0.1) is 13.0 Å². The second-order valence-electron chi connectivity index (χ2n) is 11.2. The molecule has 0 saturated heterocycles. The van der Waals surface area contributed by atoms with Gasteiger partial charge in [0.2, 0.25) is 5.88 Å². The van der Waals surface area contributed by atoms with Crippen LogP contribution in [0.2, 0.25) is 0 Å². The molecular weight excluding hydrogens is 568 g/mol. The summed E-state index contributed by atoms with van der Waals surface area (Å²) in [4.78, 5) is 12.9. The second-order valence-corrected chi connectivity index (χ2v) is 11.2. The monoisotopic (exact) mass is 604 g/mol. The van der Waals surface area contributed by atoms with Gasteiger partial charge < -0.3 is 29.4 Å². The van der Waals surface area contributed by atoms with Crippen LogP contribution in [0.5, 0.6) is 28.7 Å². The van der Waals surface area contributed by atoms with E-state index in [0.29, 0.717) is 41.1 Å². The number of nitriles is 1. The summed E-state index contributed by atoms with van der Waals surface area (Å²) in [5.41, 5.74) is 11.3. The number of nitrogens with two attached hydrogens (primary N) is 1. The van der Waals surface area contributed by atoms with Crippen LogP contribution in [0.1, 0.15) is 60.4 Å². The summed E-state index contributed by atoms with van der Waals surface area (Å²) in [6, 6.07) is 28.5. The van der Waals surface area contributed by atoms with Crippen molar-refractivity contribution in [3.05, 3.63) is 124 Å². The lowest BCUT2D eigenvalue weighted by atomic mass is 9.83. The van der Waals surface area contributed by atoms with Gasteiger partial charge in [-0.25, -0.2) is 4.79 Å². The molecule has 8 nitrogen and oxygen atoms in total. The molecule has 0 aliphatic carbocycles. The Morgan fingerprint density at radius 1 is 0.933 bits per heavy atom. The molecule has 45 heavy (non-hydrogen) atoms. The maximum absolute atomic E-state index is 12.9. The number of allylic oxidation sites excluding steroid dienone is 1. The summed E-state index contributed by atoms with van der Waals surface area (Å²) in [5, 5.41) is 10.0. The van der Waals surface area contributed by atoms with Crippen molar-refractivity contribution in [3.63, 3.8) is 0 Å². The van der Waals surface area contributed by atoms with Crippen molar-refractivity contribution in [2.24, 2.45) is 5.73 Å². The van der Waals surface area contributed by atoms with Gasteiger partial charge in [-0.15, -0.1) is 0 Å². The van der Waals surface area contributed by atoms with E-state index in [1.807, 2.05) is 73.7 Å². The lowest BCUT2D eigenvalue weighted by Crippen LogP contribution is -2.28. The molecule has 1 aliphatic heterocycles. The van der Waals surface area contributed by atoms with E-state index in [4.69, 9.17) is 29.4 Å². The van der Waals surface area contributed by atoms with Crippen LogP contribution >= 0.6 is 0 Å². The highest BCUT2D eigenvalue weighted by atomic mass is 16.6. The lowest BCUT2D eigenvalue weighted by Gasteiger charge is -2.27. The van der Waals surface area contributed by atoms with Gasteiger partial charge in [0.1, 0.15) is 35.5 Å². The van der Waals surface area contributed by atoms with E-state index < -0.39 is 18.0 Å². The van der Waals surface area contributed by atoms with Gasteiger partial charge >= 0.3 is 5.97 Å². The standard InChI is InChI=1S/C37H36N2O6/c1-22(2)26-10-13-28(14-11-26)43-24(4)37(40)44-29-15-16-30-33(19-29)45-36(39)31(20-38)35(30)27-12-17-32(34(18-27)41-5)42-21-25-8-6-23(3)7-9-25/h6-19,22,24,35H,21,39H2,1-5H3. The molecule has 0 radical (unpaired) electrons. The van der Waals surface area contributed by atoms with Crippen molar-refractivity contribution in [2.75, 3.05) is 7.11 Å². The van der Waals surface area contributed by atoms with Crippen molar-refractivity contribution < 1.29 is 28.5 Å². The van der Waals surface area contributed by atoms with Crippen molar-refractivity contribution in [2.45, 2.75) is 52.2 Å². The Hall–Kier alpha value is -5.42. The molecule has 0 spiro atoms. The quantitative estimate of drug-likeness (QED) is 0.148. The molecule has 2 atom stereocenters. The number of fused-ring (bicyclic) bond motifs is 1. The third-order valence-electron chi connectivity index (χ3n) is 7.64. The molecule has 2 N–H and O–H groups in total. The Morgan fingerprint density at radius 2 is 1.64 bits per heavy atom. The highest BCUT2D eigenvalue weighted by molar-refractivity contribution is 5.77. The largest absolute Gasteiger partial charge is 0.493 e. The third kappa shape index (κ3) is 7.05. The second kappa shape index (κ2) is 13.5. The molecule has 0 amide bonds. The average Bonchev–Trinajstić information content (AvgIpc) is 3.04. The number of ether oxygens (including phenoxy) is 5. The molecule has 1 aliphatic rings. The van der Waals surface area contributed by atoms with Crippen molar-refractivity contribution in [3.8, 4) is 34.8 Å². The van der Waals surface area contributed by atoms with Gasteiger partial charge in [-0.2, -0.15) is 5.26 Å². The normalized spacial score (nSPS) is 14.6. The number of benzene rings is 4. The minimum Gasteiger partial charge on any atom is -0.493 e. The van der Waals surface area contributed by atoms with Gasteiger partial charge in [0.25, 0.3) is 0 Å². The Kier molecular flexibility index (Phi) is 9.29. The SMILES string of the molecule is COc1cc(C2C(C#N)=C(N)Oc3cc(OC(=O)C(C)Oc4ccc(C(C)C)cc4)ccc32)ccc1OCc1ccc(C)cc1. The number of carbonyl (C=O) groups is 1. The van der Waals surface area contributed by atoms with Gasteiger partial charge in [0, 0.05) is 11.6 Å².